The van der Waals surface area contributed by atoms with Crippen LogP contribution >= 0.6 is 11.6 Å². The van der Waals surface area contributed by atoms with E-state index in [1.807, 2.05) is 76.2 Å². The lowest BCUT2D eigenvalue weighted by molar-refractivity contribution is -0.118. The number of hydrogen-bond acceptors (Lipinski definition) is 14. The smallest absolute Gasteiger partial charge is 0.261 e. The molecule has 79 heavy (non-hydrogen) atoms. The lowest BCUT2D eigenvalue weighted by atomic mass is 10.0. The summed E-state index contributed by atoms with van der Waals surface area (Å²) in [5, 5.41) is 13.7. The van der Waals surface area contributed by atoms with Crippen molar-refractivity contribution in [1.82, 2.24) is 19.9 Å². The fraction of sp³-hybridized carbons (Fsp3) is 0.433. The average Bonchev–Trinajstić information content (AvgIpc) is 4.15. The zero-order valence-electron chi connectivity index (χ0n) is 47.6. The van der Waals surface area contributed by atoms with E-state index in [1.165, 1.54) is 10.4 Å². The first kappa shape index (κ1) is 59.0. The highest BCUT2D eigenvalue weighted by molar-refractivity contribution is 6.99. The van der Waals surface area contributed by atoms with Gasteiger partial charge in [0.1, 0.15) is 23.5 Å². The molecule has 4 aliphatic heterocycles. The van der Waals surface area contributed by atoms with Gasteiger partial charge in [-0.1, -0.05) is 156 Å². The number of ether oxygens (including phenoxy) is 2. The van der Waals surface area contributed by atoms with Crippen LogP contribution in [-0.4, -0.2) is 123 Å². The summed E-state index contributed by atoms with van der Waals surface area (Å²) in [6.45, 7) is 20.3. The number of benzene rings is 4. The van der Waals surface area contributed by atoms with Gasteiger partial charge in [0.05, 0.1) is 49.5 Å². The molecule has 2 saturated heterocycles. The lowest BCUT2D eigenvalue weighted by Gasteiger charge is -2.43. The van der Waals surface area contributed by atoms with E-state index in [4.69, 9.17) is 36.2 Å². The first-order valence-electron chi connectivity index (χ1n) is 27.4. The van der Waals surface area contributed by atoms with E-state index in [2.05, 4.69) is 150 Å². The second-order valence-electron chi connectivity index (χ2n) is 23.0. The molecule has 420 valence electrons. The van der Waals surface area contributed by atoms with Crippen LogP contribution in [0.15, 0.2) is 121 Å². The number of aromatic nitrogens is 4. The minimum absolute atomic E-state index is 0.0372. The number of nitrogens with one attached hydrogen (secondary N) is 3. The van der Waals surface area contributed by atoms with Crippen molar-refractivity contribution in [3.63, 3.8) is 0 Å². The SMILES string of the molecule is CC(C)(CCC1CC(N)CO1)[Si](O)(c1ccccc1)c1ccccc1.Cc1nc(Cl)nc2c1NC(=O)[C@H](C)N2C.Cc1nc(NC2COC(CO[Si](c3ccccc3)(c3ccccc3)C(C)(C)C)C2)nc2c1NC(=O)[C@H](C)N2C. The van der Waals surface area contributed by atoms with Crippen LogP contribution in [-0.2, 0) is 23.5 Å². The molecule has 6 heterocycles. The molecule has 0 radical (unpaired) electrons. The van der Waals surface area contributed by atoms with E-state index in [1.54, 1.807) is 11.8 Å². The molecule has 0 aliphatic carbocycles. The van der Waals surface area contributed by atoms with Gasteiger partial charge < -0.3 is 50.2 Å². The van der Waals surface area contributed by atoms with Gasteiger partial charge in [0.25, 0.3) is 16.6 Å². The second kappa shape index (κ2) is 24.7. The van der Waals surface area contributed by atoms with Crippen molar-refractivity contribution >= 4 is 89.8 Å². The average molecular weight is 1130 g/mol. The molecule has 4 aliphatic rings. The molecular weight excluding hydrogens is 1050 g/mol. The molecule has 4 aromatic carbocycles. The van der Waals surface area contributed by atoms with Gasteiger partial charge in [0.2, 0.25) is 23.0 Å². The van der Waals surface area contributed by atoms with Crippen LogP contribution in [0.1, 0.15) is 85.5 Å². The Morgan fingerprint density at radius 2 is 1.14 bits per heavy atom. The molecule has 2 fully saturated rings. The molecule has 0 bridgehead atoms. The Morgan fingerprint density at radius 1 is 0.684 bits per heavy atom. The number of fused-ring (bicyclic) bond motifs is 2. The van der Waals surface area contributed by atoms with Gasteiger partial charge in [-0.25, -0.2) is 9.97 Å². The van der Waals surface area contributed by atoms with Crippen LogP contribution in [0, 0.1) is 13.8 Å². The van der Waals surface area contributed by atoms with Gasteiger partial charge >= 0.3 is 0 Å². The summed E-state index contributed by atoms with van der Waals surface area (Å²) in [4.78, 5) is 57.0. The number of carbonyl (C=O) groups is 2. The molecule has 16 nitrogen and oxygen atoms in total. The Balaban J connectivity index is 0.000000174. The first-order chi connectivity index (χ1) is 37.5. The van der Waals surface area contributed by atoms with Crippen molar-refractivity contribution in [2.75, 3.05) is 59.7 Å². The third-order valence-electron chi connectivity index (χ3n) is 16.1. The van der Waals surface area contributed by atoms with Crippen molar-refractivity contribution in [1.29, 1.82) is 0 Å². The molecule has 6 aromatic rings. The predicted molar refractivity (Wildman–Crippen MR) is 323 cm³/mol. The number of carbonyl (C=O) groups excluding carboxylic acids is 2. The van der Waals surface area contributed by atoms with Gasteiger partial charge in [-0.3, -0.25) is 9.59 Å². The molecule has 6 atom stereocenters. The van der Waals surface area contributed by atoms with E-state index < -0.39 is 16.6 Å². The first-order valence-corrected chi connectivity index (χ1v) is 31.6. The van der Waals surface area contributed by atoms with Gasteiger partial charge in [-0.15, -0.1) is 0 Å². The Hall–Kier alpha value is -6.10. The summed E-state index contributed by atoms with van der Waals surface area (Å²) in [5.41, 5.74) is 8.70. The monoisotopic (exact) mass is 1130 g/mol. The van der Waals surface area contributed by atoms with Gasteiger partial charge in [0.15, 0.2) is 11.6 Å². The van der Waals surface area contributed by atoms with Crippen LogP contribution in [0.25, 0.3) is 0 Å². The lowest BCUT2D eigenvalue weighted by Crippen LogP contribution is -2.67. The third-order valence-corrected chi connectivity index (χ3v) is 25.8. The number of likely N-dealkylation sites (N-methyl/N-ethyl adjacent to an activating group) is 2. The van der Waals surface area contributed by atoms with Crippen molar-refractivity contribution in [2.24, 2.45) is 5.73 Å². The zero-order valence-corrected chi connectivity index (χ0v) is 50.3. The van der Waals surface area contributed by atoms with Gasteiger partial charge in [-0.2, -0.15) is 9.97 Å². The largest absolute Gasteiger partial charge is 0.424 e. The van der Waals surface area contributed by atoms with Crippen LogP contribution in [0.3, 0.4) is 0 Å². The van der Waals surface area contributed by atoms with E-state index in [-0.39, 0.29) is 63.5 Å². The molecule has 4 unspecified atom stereocenters. The van der Waals surface area contributed by atoms with Gasteiger partial charge in [-0.05, 0) is 95.8 Å². The third kappa shape index (κ3) is 12.8. The Labute approximate surface area is 473 Å². The highest BCUT2D eigenvalue weighted by Gasteiger charge is 2.52. The summed E-state index contributed by atoms with van der Waals surface area (Å²) in [6, 6.07) is 41.4. The van der Waals surface area contributed by atoms with Crippen LogP contribution in [0.5, 0.6) is 0 Å². The van der Waals surface area contributed by atoms with E-state index in [9.17, 15) is 14.4 Å². The highest BCUT2D eigenvalue weighted by atomic mass is 35.5. The van der Waals surface area contributed by atoms with Crippen LogP contribution < -0.4 is 52.2 Å². The van der Waals surface area contributed by atoms with Crippen LogP contribution in [0.2, 0.25) is 15.4 Å². The maximum Gasteiger partial charge on any atom is 0.261 e. The van der Waals surface area contributed by atoms with Crippen molar-refractivity contribution in [3.8, 4) is 0 Å². The number of rotatable bonds is 13. The topological polar surface area (TPSA) is 202 Å². The fourth-order valence-corrected chi connectivity index (χ4v) is 19.7. The highest BCUT2D eigenvalue weighted by Crippen LogP contribution is 2.42. The number of nitrogens with zero attached hydrogens (tertiary/aromatic N) is 6. The Morgan fingerprint density at radius 3 is 1.61 bits per heavy atom. The Kier molecular flexibility index (Phi) is 18.5. The van der Waals surface area contributed by atoms with Crippen molar-refractivity contribution < 1.29 is 28.3 Å². The van der Waals surface area contributed by atoms with Crippen molar-refractivity contribution in [3.05, 3.63) is 138 Å². The minimum Gasteiger partial charge on any atom is -0.424 e. The number of amides is 2. The number of halogens is 1. The number of aryl methyl sites for hydroxylation is 2. The van der Waals surface area contributed by atoms with E-state index in [0.717, 1.165) is 47.6 Å². The molecule has 10 rings (SSSR count). The van der Waals surface area contributed by atoms with Gasteiger partial charge in [0, 0.05) is 20.1 Å². The summed E-state index contributed by atoms with van der Waals surface area (Å²) >= 11 is 5.77. The number of anilines is 5. The summed E-state index contributed by atoms with van der Waals surface area (Å²) < 4.78 is 19.1. The molecule has 2 aromatic heterocycles. The normalized spacial score (nSPS) is 21.1. The van der Waals surface area contributed by atoms with E-state index >= 15 is 0 Å². The number of nitrogens with two attached hydrogens (primary N) is 1. The minimum atomic E-state index is -2.90. The predicted octanol–water partition coefficient (Wildman–Crippen LogP) is 7.34. The van der Waals surface area contributed by atoms with Crippen LogP contribution in [0.4, 0.5) is 29.0 Å². The van der Waals surface area contributed by atoms with E-state index in [0.29, 0.717) is 48.7 Å². The summed E-state index contributed by atoms with van der Waals surface area (Å²) in [5.74, 6) is 1.83. The second-order valence-corrected chi connectivity index (χ2v) is 31.6. The molecule has 2 amide bonds. The molecule has 0 spiro atoms. The molecule has 6 N–H and O–H groups in total. The quantitative estimate of drug-likeness (QED) is 0.0568. The summed E-state index contributed by atoms with van der Waals surface area (Å²) in [7, 11) is -1.83. The zero-order chi connectivity index (χ0) is 56.9. The standard InChI is InChI=1S/C30H39N5O3Si.C21H29NO2Si.C9H11ClN4O/c1-20-26-27(35(6)21(2)28(36)33-26)34-29(31-20)32-22-17-23(37-18-22)19-38-39(30(3,4)5,24-13-9-7-10-14-24)25-15-11-8-12-16-25;1-21(2,14-13-18-15-17(22)16-24-18)25(23,19-9-5-3-6-10-19)20-11-7-4-8-12-20;1-4-6-7(13-9(10)11-4)14(3)5(2)8(15)12-6/h7-16,21-23H,17-19H2,1-6H3,(H,33,36)(H,31,32,34);3-12,17-18,23H,13-16,22H2,1-2H3;5H,1-3H3,(H,12,15)/t21-,22?,23?;;5-/m0.0/s1. The summed E-state index contributed by atoms with van der Waals surface area (Å²) in [6.07, 6.45) is 3.75. The molecular formula is C60H79ClN10O6Si2. The number of hydrogen-bond donors (Lipinski definition) is 5. The Bertz CT molecular complexity index is 2960. The fourth-order valence-electron chi connectivity index (χ4n) is 11.2. The molecule has 0 saturated carbocycles. The maximum absolute atomic E-state index is 12.2. The molecule has 19 heteroatoms. The van der Waals surface area contributed by atoms with Crippen molar-refractivity contribution in [2.45, 2.75) is 134 Å². The maximum atomic E-state index is 12.2.